The van der Waals surface area contributed by atoms with Crippen LogP contribution in [0.25, 0.3) is 0 Å². The van der Waals surface area contributed by atoms with E-state index in [0.717, 1.165) is 18.5 Å². The molecule has 6 heteroatoms. The molecule has 2 aromatic rings. The van der Waals surface area contributed by atoms with Crippen LogP contribution in [-0.4, -0.2) is 15.6 Å². The van der Waals surface area contributed by atoms with E-state index < -0.39 is 5.54 Å². The zero-order valence-electron chi connectivity index (χ0n) is 11.5. The third-order valence-electron chi connectivity index (χ3n) is 4.31. The number of aromatic nitrogens is 2. The summed E-state index contributed by atoms with van der Waals surface area (Å²) < 4.78 is 16.3. The minimum Gasteiger partial charge on any atom is -0.399 e. The summed E-state index contributed by atoms with van der Waals surface area (Å²) in [6.07, 6.45) is 3.71. The van der Waals surface area contributed by atoms with E-state index >= 15 is 0 Å². The van der Waals surface area contributed by atoms with E-state index in [1.165, 1.54) is 6.07 Å². The molecule has 1 aliphatic carbocycles. The lowest BCUT2D eigenvalue weighted by Crippen LogP contribution is -2.41. The van der Waals surface area contributed by atoms with Gasteiger partial charge in [0.2, 0.25) is 0 Å². The van der Waals surface area contributed by atoms with Gasteiger partial charge in [-0.25, -0.2) is 4.39 Å². The molecule has 1 aliphatic heterocycles. The van der Waals surface area contributed by atoms with Gasteiger partial charge in [0.1, 0.15) is 17.2 Å². The average Bonchev–Trinajstić information content (AvgIpc) is 3.20. The molecule has 1 aromatic carbocycles. The highest BCUT2D eigenvalue weighted by Crippen LogP contribution is 2.54. The Bertz CT molecular complexity index is 746. The zero-order chi connectivity index (χ0) is 14.6. The molecular formula is C15H16FN5. The van der Waals surface area contributed by atoms with Gasteiger partial charge in [0, 0.05) is 17.4 Å². The second-order valence-corrected chi connectivity index (χ2v) is 5.76. The first-order chi connectivity index (χ1) is 10.1. The van der Waals surface area contributed by atoms with E-state index in [0.29, 0.717) is 23.6 Å². The van der Waals surface area contributed by atoms with Gasteiger partial charge in [0.25, 0.3) is 0 Å². The highest BCUT2D eigenvalue weighted by Gasteiger charge is 2.52. The fourth-order valence-electron chi connectivity index (χ4n) is 3.31. The summed E-state index contributed by atoms with van der Waals surface area (Å²) in [7, 11) is 0. The van der Waals surface area contributed by atoms with Crippen molar-refractivity contribution in [1.29, 1.82) is 0 Å². The van der Waals surface area contributed by atoms with E-state index in [9.17, 15) is 4.39 Å². The molecule has 2 aliphatic rings. The predicted molar refractivity (Wildman–Crippen MR) is 78.2 cm³/mol. The highest BCUT2D eigenvalue weighted by atomic mass is 19.1. The van der Waals surface area contributed by atoms with Crippen molar-refractivity contribution in [3.8, 4) is 0 Å². The van der Waals surface area contributed by atoms with Crippen molar-refractivity contribution >= 4 is 11.5 Å². The molecule has 5 nitrogen and oxygen atoms in total. The van der Waals surface area contributed by atoms with Gasteiger partial charge in [-0.3, -0.25) is 9.67 Å². The van der Waals surface area contributed by atoms with Crippen molar-refractivity contribution < 1.29 is 4.39 Å². The van der Waals surface area contributed by atoms with Gasteiger partial charge in [-0.2, -0.15) is 5.10 Å². The van der Waals surface area contributed by atoms with Crippen molar-refractivity contribution in [2.75, 3.05) is 5.73 Å². The molecule has 1 atom stereocenters. The third-order valence-corrected chi connectivity index (χ3v) is 4.31. The number of halogens is 1. The second-order valence-electron chi connectivity index (χ2n) is 5.76. The number of benzene rings is 1. The van der Waals surface area contributed by atoms with Gasteiger partial charge in [-0.1, -0.05) is 0 Å². The maximum atomic E-state index is 14.5. The summed E-state index contributed by atoms with van der Waals surface area (Å²) in [4.78, 5) is 4.70. The number of anilines is 1. The van der Waals surface area contributed by atoms with Crippen molar-refractivity contribution in [3.05, 3.63) is 47.5 Å². The molecule has 1 fully saturated rings. The molecule has 2 heterocycles. The summed E-state index contributed by atoms with van der Waals surface area (Å²) in [6, 6.07) is 6.53. The van der Waals surface area contributed by atoms with Crippen LogP contribution < -0.4 is 11.5 Å². The summed E-state index contributed by atoms with van der Waals surface area (Å²) in [6.45, 7) is 0.445. The van der Waals surface area contributed by atoms with Crippen LogP contribution in [0.5, 0.6) is 0 Å². The molecule has 0 radical (unpaired) electrons. The molecule has 0 spiro atoms. The maximum absolute atomic E-state index is 14.5. The number of amidine groups is 1. The van der Waals surface area contributed by atoms with Gasteiger partial charge in [-0.15, -0.1) is 0 Å². The molecule has 108 valence electrons. The number of nitrogens with zero attached hydrogens (tertiary/aromatic N) is 3. The summed E-state index contributed by atoms with van der Waals surface area (Å²) in [5.74, 6) is 0.408. The molecule has 0 saturated heterocycles. The van der Waals surface area contributed by atoms with Crippen LogP contribution in [0.15, 0.2) is 35.5 Å². The van der Waals surface area contributed by atoms with Crippen LogP contribution >= 0.6 is 0 Å². The minimum atomic E-state index is -0.793. The second kappa shape index (κ2) is 4.07. The molecule has 4 N–H and O–H groups in total. The minimum absolute atomic E-state index is 0.239. The predicted octanol–water partition coefficient (Wildman–Crippen LogP) is 1.63. The molecule has 1 aromatic heterocycles. The highest BCUT2D eigenvalue weighted by molar-refractivity contribution is 5.82. The first kappa shape index (κ1) is 12.4. The fourth-order valence-corrected chi connectivity index (χ4v) is 3.31. The van der Waals surface area contributed by atoms with E-state index in [1.807, 2.05) is 10.7 Å². The Balaban J connectivity index is 2.03. The Morgan fingerprint density at radius 3 is 2.81 bits per heavy atom. The molecule has 1 saturated carbocycles. The average molecular weight is 285 g/mol. The van der Waals surface area contributed by atoms with Crippen molar-refractivity contribution in [2.45, 2.75) is 24.9 Å². The number of nitrogens with two attached hydrogens (primary N) is 2. The Labute approximate surface area is 121 Å². The molecular weight excluding hydrogens is 269 g/mol. The number of rotatable bonds is 2. The number of hydrogen-bond acceptors (Lipinski definition) is 4. The lowest BCUT2D eigenvalue weighted by atomic mass is 9.81. The normalized spacial score (nSPS) is 24.5. The van der Waals surface area contributed by atoms with Crippen molar-refractivity contribution in [1.82, 2.24) is 9.78 Å². The van der Waals surface area contributed by atoms with E-state index in [4.69, 9.17) is 16.5 Å². The van der Waals surface area contributed by atoms with Crippen LogP contribution in [0.1, 0.15) is 24.1 Å². The fraction of sp³-hybridized carbons (Fsp3) is 0.333. The van der Waals surface area contributed by atoms with E-state index in [2.05, 4.69) is 5.10 Å². The topological polar surface area (TPSA) is 82.2 Å². The van der Waals surface area contributed by atoms with E-state index in [-0.39, 0.29) is 11.7 Å². The van der Waals surface area contributed by atoms with Gasteiger partial charge < -0.3 is 11.5 Å². The van der Waals surface area contributed by atoms with Gasteiger partial charge in [-0.05, 0) is 43.0 Å². The van der Waals surface area contributed by atoms with Crippen LogP contribution in [0, 0.1) is 11.7 Å². The van der Waals surface area contributed by atoms with Crippen LogP contribution in [0.2, 0.25) is 0 Å². The lowest BCUT2D eigenvalue weighted by molar-refractivity contribution is 0.393. The van der Waals surface area contributed by atoms with E-state index in [1.54, 1.807) is 18.3 Å². The monoisotopic (exact) mass is 285 g/mol. The summed E-state index contributed by atoms with van der Waals surface area (Å²) in [5, 5.41) is 4.29. The maximum Gasteiger partial charge on any atom is 0.135 e. The number of hydrogen-bond donors (Lipinski definition) is 2. The molecule has 1 unspecified atom stereocenters. The Kier molecular flexibility index (Phi) is 2.40. The van der Waals surface area contributed by atoms with Crippen molar-refractivity contribution in [2.24, 2.45) is 16.6 Å². The first-order valence-electron chi connectivity index (χ1n) is 7.03. The quantitative estimate of drug-likeness (QED) is 0.823. The van der Waals surface area contributed by atoms with Gasteiger partial charge in [0.05, 0.1) is 12.2 Å². The number of fused-ring (bicyclic) bond motifs is 1. The third kappa shape index (κ3) is 1.68. The zero-order valence-corrected chi connectivity index (χ0v) is 11.5. The molecule has 0 amide bonds. The van der Waals surface area contributed by atoms with Gasteiger partial charge >= 0.3 is 0 Å². The Morgan fingerprint density at radius 1 is 1.24 bits per heavy atom. The van der Waals surface area contributed by atoms with Crippen LogP contribution in [0.3, 0.4) is 0 Å². The van der Waals surface area contributed by atoms with Gasteiger partial charge in [0.15, 0.2) is 0 Å². The number of nitrogen functional groups attached to an aromatic ring is 1. The number of aliphatic imine (C=N–C) groups is 1. The summed E-state index contributed by atoms with van der Waals surface area (Å²) >= 11 is 0. The molecule has 4 rings (SSSR count). The lowest BCUT2D eigenvalue weighted by Gasteiger charge is -2.35. The summed E-state index contributed by atoms with van der Waals surface area (Å²) in [5.41, 5.74) is 13.0. The van der Waals surface area contributed by atoms with Crippen LogP contribution in [0.4, 0.5) is 10.1 Å². The standard InChI is InChI=1S/C15H16FN5/c16-12-4-3-10(17)7-11(12)15(9-1-2-9)13-5-6-19-21(13)8-14(18)20-15/h3-7,9H,1-2,8,17H2,(H2,18,20). The smallest absolute Gasteiger partial charge is 0.135 e. The van der Waals surface area contributed by atoms with Crippen LogP contribution in [-0.2, 0) is 12.1 Å². The van der Waals surface area contributed by atoms with Crippen molar-refractivity contribution in [3.63, 3.8) is 0 Å². The Morgan fingerprint density at radius 2 is 2.05 bits per heavy atom. The molecule has 21 heavy (non-hydrogen) atoms. The SMILES string of the molecule is NC1=NC(c2cc(N)ccc2F)(C2CC2)c2ccnn2C1. The molecule has 0 bridgehead atoms. The largest absolute Gasteiger partial charge is 0.399 e. The first-order valence-corrected chi connectivity index (χ1v) is 7.03. The Hall–Kier alpha value is -2.37.